The van der Waals surface area contributed by atoms with Crippen LogP contribution < -0.4 is 16.2 Å². The number of benzene rings is 2. The number of hydrogen-bond acceptors (Lipinski definition) is 4. The van der Waals surface area contributed by atoms with E-state index in [2.05, 4.69) is 21.2 Å². The maximum Gasteiger partial charge on any atom is 0.271 e. The van der Waals surface area contributed by atoms with Crippen LogP contribution in [0.15, 0.2) is 85.2 Å². The van der Waals surface area contributed by atoms with E-state index in [0.29, 0.717) is 16.8 Å². The number of hydrogen-bond donors (Lipinski definition) is 3. The predicted molar refractivity (Wildman–Crippen MR) is 129 cm³/mol. The number of amides is 3. The van der Waals surface area contributed by atoms with Gasteiger partial charge in [-0.2, -0.15) is 0 Å². The van der Waals surface area contributed by atoms with Gasteiger partial charge in [-0.05, 0) is 62.4 Å². The summed E-state index contributed by atoms with van der Waals surface area (Å²) < 4.78 is 1.98. The van der Waals surface area contributed by atoms with Crippen molar-refractivity contribution < 1.29 is 14.4 Å². The Bertz CT molecular complexity index is 1350. The van der Waals surface area contributed by atoms with Crippen molar-refractivity contribution in [3.8, 4) is 5.69 Å². The maximum absolute atomic E-state index is 12.8. The van der Waals surface area contributed by atoms with Gasteiger partial charge in [-0.1, -0.05) is 24.3 Å². The number of para-hydroxylation sites is 1. The van der Waals surface area contributed by atoms with Gasteiger partial charge in [0.2, 0.25) is 0 Å². The average molecular weight is 454 g/mol. The monoisotopic (exact) mass is 453 g/mol. The summed E-state index contributed by atoms with van der Waals surface area (Å²) in [5, 5.41) is 2.73. The summed E-state index contributed by atoms with van der Waals surface area (Å²) in [6.07, 6.45) is 3.03. The summed E-state index contributed by atoms with van der Waals surface area (Å²) in [5.41, 5.74) is 9.09. The average Bonchev–Trinajstić information content (AvgIpc) is 3.17. The molecule has 8 heteroatoms. The third-order valence-electron chi connectivity index (χ3n) is 5.29. The van der Waals surface area contributed by atoms with E-state index < -0.39 is 11.8 Å². The number of pyridine rings is 1. The van der Waals surface area contributed by atoms with Gasteiger partial charge in [0.25, 0.3) is 17.7 Å². The number of aromatic nitrogens is 2. The van der Waals surface area contributed by atoms with Crippen molar-refractivity contribution in [2.75, 3.05) is 5.32 Å². The molecule has 3 amide bonds. The molecule has 0 aliphatic heterocycles. The summed E-state index contributed by atoms with van der Waals surface area (Å²) in [6.45, 7) is 3.77. The van der Waals surface area contributed by atoms with Gasteiger partial charge in [-0.15, -0.1) is 0 Å². The number of rotatable bonds is 5. The summed E-state index contributed by atoms with van der Waals surface area (Å²) in [4.78, 5) is 41.6. The lowest BCUT2D eigenvalue weighted by atomic mass is 10.2. The van der Waals surface area contributed by atoms with Crippen molar-refractivity contribution in [2.45, 2.75) is 13.8 Å². The molecule has 0 aliphatic carbocycles. The van der Waals surface area contributed by atoms with E-state index in [1.807, 2.05) is 48.7 Å². The predicted octanol–water partition coefficient (Wildman–Crippen LogP) is 3.82. The fourth-order valence-corrected chi connectivity index (χ4v) is 3.66. The molecule has 34 heavy (non-hydrogen) atoms. The molecule has 0 unspecified atom stereocenters. The van der Waals surface area contributed by atoms with E-state index in [1.165, 1.54) is 12.3 Å². The first-order chi connectivity index (χ1) is 16.4. The lowest BCUT2D eigenvalue weighted by Gasteiger charge is -2.11. The first-order valence-electron chi connectivity index (χ1n) is 10.6. The van der Waals surface area contributed by atoms with Gasteiger partial charge >= 0.3 is 0 Å². The highest BCUT2D eigenvalue weighted by atomic mass is 16.2. The van der Waals surface area contributed by atoms with E-state index in [-0.39, 0.29) is 11.5 Å². The minimum atomic E-state index is -0.511. The molecule has 0 spiro atoms. The van der Waals surface area contributed by atoms with Crippen molar-refractivity contribution >= 4 is 23.4 Å². The highest BCUT2D eigenvalue weighted by Gasteiger charge is 2.17. The van der Waals surface area contributed by atoms with Crippen LogP contribution in [0.3, 0.4) is 0 Å². The van der Waals surface area contributed by atoms with E-state index >= 15 is 0 Å². The normalized spacial score (nSPS) is 10.4. The van der Waals surface area contributed by atoms with Crippen LogP contribution in [0.25, 0.3) is 5.69 Å². The van der Waals surface area contributed by atoms with Gasteiger partial charge < -0.3 is 9.88 Å². The molecule has 0 aliphatic rings. The molecule has 0 saturated carbocycles. The van der Waals surface area contributed by atoms with Crippen LogP contribution in [0.5, 0.6) is 0 Å². The van der Waals surface area contributed by atoms with Crippen LogP contribution in [0, 0.1) is 13.8 Å². The van der Waals surface area contributed by atoms with Crippen molar-refractivity contribution in [1.82, 2.24) is 20.4 Å². The summed E-state index contributed by atoms with van der Waals surface area (Å²) in [7, 11) is 0. The first kappa shape index (κ1) is 22.5. The minimum absolute atomic E-state index is 0.277. The van der Waals surface area contributed by atoms with Gasteiger partial charge in [0, 0.05) is 40.7 Å². The Labute approximate surface area is 196 Å². The summed E-state index contributed by atoms with van der Waals surface area (Å²) in [5.74, 6) is -1.28. The Kier molecular flexibility index (Phi) is 6.49. The molecule has 4 rings (SSSR count). The third-order valence-corrected chi connectivity index (χ3v) is 5.29. The van der Waals surface area contributed by atoms with Gasteiger partial charge in [-0.3, -0.25) is 30.2 Å². The Balaban J connectivity index is 1.42. The molecule has 0 atom stereocenters. The molecule has 0 radical (unpaired) electrons. The molecule has 0 saturated heterocycles. The molecule has 3 N–H and O–H groups in total. The second-order valence-electron chi connectivity index (χ2n) is 7.64. The second kappa shape index (κ2) is 9.83. The largest absolute Gasteiger partial charge is 0.322 e. The molecular formula is C26H23N5O3. The van der Waals surface area contributed by atoms with E-state index in [0.717, 1.165) is 17.1 Å². The number of nitrogens with one attached hydrogen (secondary N) is 3. The van der Waals surface area contributed by atoms with Crippen LogP contribution in [-0.4, -0.2) is 27.3 Å². The Morgan fingerprint density at radius 2 is 1.50 bits per heavy atom. The zero-order chi connectivity index (χ0) is 24.1. The van der Waals surface area contributed by atoms with Crippen molar-refractivity contribution in [3.63, 3.8) is 0 Å². The van der Waals surface area contributed by atoms with Crippen LogP contribution in [0.4, 0.5) is 5.69 Å². The number of hydrazine groups is 1. The first-order valence-corrected chi connectivity index (χ1v) is 10.6. The quantitative estimate of drug-likeness (QED) is 0.400. The minimum Gasteiger partial charge on any atom is -0.322 e. The Morgan fingerprint density at radius 1 is 0.765 bits per heavy atom. The summed E-state index contributed by atoms with van der Waals surface area (Å²) >= 11 is 0. The summed E-state index contributed by atoms with van der Waals surface area (Å²) in [6, 6.07) is 21.2. The zero-order valence-corrected chi connectivity index (χ0v) is 18.7. The van der Waals surface area contributed by atoms with Crippen molar-refractivity contribution in [1.29, 1.82) is 0 Å². The van der Waals surface area contributed by atoms with Crippen molar-refractivity contribution in [3.05, 3.63) is 113 Å². The van der Waals surface area contributed by atoms with Crippen molar-refractivity contribution in [2.24, 2.45) is 0 Å². The molecule has 8 nitrogen and oxygen atoms in total. The lowest BCUT2D eigenvalue weighted by Crippen LogP contribution is -2.41. The number of anilines is 1. The van der Waals surface area contributed by atoms with Crippen LogP contribution in [-0.2, 0) is 0 Å². The van der Waals surface area contributed by atoms with Crippen LogP contribution in [0.1, 0.15) is 42.5 Å². The maximum atomic E-state index is 12.8. The highest BCUT2D eigenvalue weighted by Crippen LogP contribution is 2.20. The topological polar surface area (TPSA) is 105 Å². The van der Waals surface area contributed by atoms with Gasteiger partial charge in [0.15, 0.2) is 0 Å². The second-order valence-corrected chi connectivity index (χ2v) is 7.64. The molecular weight excluding hydrogens is 430 g/mol. The SMILES string of the molecule is Cc1cc(C(=O)NNC(=O)c2cccc(NC(=O)c3cccnc3)c2)c(C)n1-c1ccccc1. The third kappa shape index (κ3) is 4.86. The molecule has 2 aromatic heterocycles. The fraction of sp³-hybridized carbons (Fsp3) is 0.0769. The Morgan fingerprint density at radius 3 is 2.24 bits per heavy atom. The fourth-order valence-electron chi connectivity index (χ4n) is 3.66. The Hall–Kier alpha value is -4.72. The molecule has 2 heterocycles. The number of aryl methyl sites for hydroxylation is 1. The van der Waals surface area contributed by atoms with Gasteiger partial charge in [0.05, 0.1) is 11.1 Å². The highest BCUT2D eigenvalue weighted by molar-refractivity contribution is 6.05. The number of carbonyl (C=O) groups excluding carboxylic acids is 3. The molecule has 0 bridgehead atoms. The standard InChI is InChI=1S/C26H23N5O3/c1-17-14-23(18(2)31(17)22-11-4-3-5-12-22)26(34)30-29-25(33)19-8-6-10-21(15-19)28-24(32)20-9-7-13-27-16-20/h3-16H,1-2H3,(H,28,32)(H,29,33)(H,30,34). The molecule has 0 fully saturated rings. The van der Waals surface area contributed by atoms with Gasteiger partial charge in [0.1, 0.15) is 0 Å². The lowest BCUT2D eigenvalue weighted by molar-refractivity contribution is 0.0846. The van der Waals surface area contributed by atoms with E-state index in [9.17, 15) is 14.4 Å². The molecule has 4 aromatic rings. The van der Waals surface area contributed by atoms with E-state index in [4.69, 9.17) is 0 Å². The zero-order valence-electron chi connectivity index (χ0n) is 18.7. The smallest absolute Gasteiger partial charge is 0.271 e. The molecule has 2 aromatic carbocycles. The van der Waals surface area contributed by atoms with Gasteiger partial charge in [-0.25, -0.2) is 0 Å². The van der Waals surface area contributed by atoms with Crippen LogP contribution in [0.2, 0.25) is 0 Å². The molecule has 170 valence electrons. The van der Waals surface area contributed by atoms with E-state index in [1.54, 1.807) is 42.6 Å². The van der Waals surface area contributed by atoms with Crippen LogP contribution >= 0.6 is 0 Å². The number of nitrogens with zero attached hydrogens (tertiary/aromatic N) is 2. The number of carbonyl (C=O) groups is 3.